The molecule has 1 aromatic carbocycles. The Bertz CT molecular complexity index is 642. The highest BCUT2D eigenvalue weighted by Crippen LogP contribution is 2.25. The van der Waals surface area contributed by atoms with Crippen LogP contribution in [0.25, 0.3) is 0 Å². The first kappa shape index (κ1) is 18.7. The number of anilines is 1. The van der Waals surface area contributed by atoms with Gasteiger partial charge in [0.15, 0.2) is 0 Å². The molecule has 1 unspecified atom stereocenters. The molecular formula is C20H30N4O2. The number of urea groups is 1. The Morgan fingerprint density at radius 3 is 2.69 bits per heavy atom. The second-order valence-corrected chi connectivity index (χ2v) is 7.40. The minimum atomic E-state index is -0.0432. The van der Waals surface area contributed by atoms with Crippen LogP contribution in [0.4, 0.5) is 10.5 Å². The number of likely N-dealkylation sites (tertiary alicyclic amines) is 2. The number of rotatable bonds is 5. The SMILES string of the molecule is CNC(=O)CCc1ccccc1NC(=O)N1CC(N2CCCCC2C)C1. The van der Waals surface area contributed by atoms with Gasteiger partial charge in [-0.15, -0.1) is 0 Å². The van der Waals surface area contributed by atoms with E-state index in [9.17, 15) is 9.59 Å². The molecule has 1 aromatic rings. The first-order chi connectivity index (χ1) is 12.6. The third-order valence-electron chi connectivity index (χ3n) is 5.63. The maximum atomic E-state index is 12.6. The van der Waals surface area contributed by atoms with Crippen LogP contribution in [-0.2, 0) is 11.2 Å². The summed E-state index contributed by atoms with van der Waals surface area (Å²) < 4.78 is 0. The smallest absolute Gasteiger partial charge is 0.321 e. The summed E-state index contributed by atoms with van der Waals surface area (Å²) in [5, 5.41) is 5.66. The van der Waals surface area contributed by atoms with E-state index >= 15 is 0 Å². The number of carbonyl (C=O) groups excluding carboxylic acids is 2. The maximum Gasteiger partial charge on any atom is 0.321 e. The molecule has 1 atom stereocenters. The maximum absolute atomic E-state index is 12.6. The van der Waals surface area contributed by atoms with Gasteiger partial charge in [-0.1, -0.05) is 24.6 Å². The summed E-state index contributed by atoms with van der Waals surface area (Å²) in [5.41, 5.74) is 1.79. The molecular weight excluding hydrogens is 328 g/mol. The molecule has 2 fully saturated rings. The summed E-state index contributed by atoms with van der Waals surface area (Å²) in [6.07, 6.45) is 4.89. The van der Waals surface area contributed by atoms with Crippen molar-refractivity contribution in [1.29, 1.82) is 0 Å². The Hall–Kier alpha value is -2.08. The van der Waals surface area contributed by atoms with Gasteiger partial charge in [0.1, 0.15) is 0 Å². The third kappa shape index (κ3) is 4.36. The lowest BCUT2D eigenvalue weighted by Crippen LogP contribution is -2.64. The Morgan fingerprint density at radius 1 is 1.19 bits per heavy atom. The van der Waals surface area contributed by atoms with Crippen molar-refractivity contribution in [2.45, 2.75) is 51.1 Å². The van der Waals surface area contributed by atoms with E-state index in [0.29, 0.717) is 24.9 Å². The van der Waals surface area contributed by atoms with Gasteiger partial charge in [-0.25, -0.2) is 4.79 Å². The number of nitrogens with zero attached hydrogens (tertiary/aromatic N) is 2. The van der Waals surface area contributed by atoms with Gasteiger partial charge in [0.05, 0.1) is 0 Å². The molecule has 2 aliphatic heterocycles. The topological polar surface area (TPSA) is 64.7 Å². The summed E-state index contributed by atoms with van der Waals surface area (Å²) >= 11 is 0. The molecule has 2 heterocycles. The predicted octanol–water partition coefficient (Wildman–Crippen LogP) is 2.46. The largest absolute Gasteiger partial charge is 0.359 e. The lowest BCUT2D eigenvalue weighted by molar-refractivity contribution is -0.120. The number of amides is 3. The number of aryl methyl sites for hydroxylation is 1. The first-order valence-electron chi connectivity index (χ1n) is 9.68. The van der Waals surface area contributed by atoms with Crippen LogP contribution in [-0.4, -0.2) is 60.5 Å². The van der Waals surface area contributed by atoms with Gasteiger partial charge in [0.2, 0.25) is 5.91 Å². The van der Waals surface area contributed by atoms with Crippen LogP contribution in [0.5, 0.6) is 0 Å². The summed E-state index contributed by atoms with van der Waals surface area (Å²) in [4.78, 5) is 28.5. The monoisotopic (exact) mass is 358 g/mol. The zero-order chi connectivity index (χ0) is 18.5. The molecule has 3 amide bonds. The highest BCUT2D eigenvalue weighted by molar-refractivity contribution is 5.91. The molecule has 0 saturated carbocycles. The summed E-state index contributed by atoms with van der Waals surface area (Å²) in [6.45, 7) is 5.06. The Kier molecular flexibility index (Phi) is 6.14. The molecule has 2 N–H and O–H groups in total. The fourth-order valence-electron chi connectivity index (χ4n) is 3.92. The van der Waals surface area contributed by atoms with E-state index in [1.807, 2.05) is 29.2 Å². The molecule has 6 heteroatoms. The van der Waals surface area contributed by atoms with E-state index in [1.54, 1.807) is 7.05 Å². The number of hydrogen-bond donors (Lipinski definition) is 2. The highest BCUT2D eigenvalue weighted by Gasteiger charge is 2.37. The molecule has 3 rings (SSSR count). The molecule has 26 heavy (non-hydrogen) atoms. The lowest BCUT2D eigenvalue weighted by Gasteiger charge is -2.49. The van der Waals surface area contributed by atoms with Crippen molar-refractivity contribution in [1.82, 2.24) is 15.1 Å². The van der Waals surface area contributed by atoms with Crippen molar-refractivity contribution in [3.05, 3.63) is 29.8 Å². The van der Waals surface area contributed by atoms with E-state index in [2.05, 4.69) is 22.5 Å². The molecule has 142 valence electrons. The van der Waals surface area contributed by atoms with Gasteiger partial charge in [-0.05, 0) is 44.4 Å². The summed E-state index contributed by atoms with van der Waals surface area (Å²) in [7, 11) is 1.64. The minimum absolute atomic E-state index is 0.00682. The van der Waals surface area contributed by atoms with Crippen LogP contribution in [0, 0.1) is 0 Å². The molecule has 2 saturated heterocycles. The Morgan fingerprint density at radius 2 is 1.96 bits per heavy atom. The third-order valence-corrected chi connectivity index (χ3v) is 5.63. The fraction of sp³-hybridized carbons (Fsp3) is 0.600. The van der Waals surface area contributed by atoms with Crippen LogP contribution >= 0.6 is 0 Å². The second kappa shape index (κ2) is 8.54. The lowest BCUT2D eigenvalue weighted by atomic mass is 9.98. The molecule has 0 bridgehead atoms. The quantitative estimate of drug-likeness (QED) is 0.850. The summed E-state index contributed by atoms with van der Waals surface area (Å²) in [5.74, 6) is 0.00682. The molecule has 0 aromatic heterocycles. The van der Waals surface area contributed by atoms with Gasteiger partial charge in [0, 0.05) is 44.3 Å². The zero-order valence-electron chi connectivity index (χ0n) is 15.8. The van der Waals surface area contributed by atoms with Gasteiger partial charge in [0.25, 0.3) is 0 Å². The van der Waals surface area contributed by atoms with E-state index in [1.165, 1.54) is 19.3 Å². The van der Waals surface area contributed by atoms with Crippen LogP contribution in [0.3, 0.4) is 0 Å². The Labute approximate surface area is 155 Å². The number of nitrogens with one attached hydrogen (secondary N) is 2. The molecule has 0 radical (unpaired) electrons. The second-order valence-electron chi connectivity index (χ2n) is 7.40. The number of hydrogen-bond acceptors (Lipinski definition) is 3. The van der Waals surface area contributed by atoms with Crippen molar-refractivity contribution in [2.75, 3.05) is 32.0 Å². The van der Waals surface area contributed by atoms with E-state index in [0.717, 1.165) is 30.9 Å². The summed E-state index contributed by atoms with van der Waals surface area (Å²) in [6, 6.07) is 8.80. The van der Waals surface area contributed by atoms with Crippen molar-refractivity contribution < 1.29 is 9.59 Å². The van der Waals surface area contributed by atoms with Crippen molar-refractivity contribution in [3.63, 3.8) is 0 Å². The average Bonchev–Trinajstić information content (AvgIpc) is 2.61. The number of carbonyl (C=O) groups is 2. The van der Waals surface area contributed by atoms with Gasteiger partial charge < -0.3 is 15.5 Å². The molecule has 0 spiro atoms. The molecule has 6 nitrogen and oxygen atoms in total. The highest BCUT2D eigenvalue weighted by atomic mass is 16.2. The van der Waals surface area contributed by atoms with Crippen LogP contribution in [0.2, 0.25) is 0 Å². The minimum Gasteiger partial charge on any atom is -0.359 e. The van der Waals surface area contributed by atoms with Crippen molar-refractivity contribution in [3.8, 4) is 0 Å². The van der Waals surface area contributed by atoms with Crippen molar-refractivity contribution in [2.24, 2.45) is 0 Å². The zero-order valence-corrected chi connectivity index (χ0v) is 15.8. The van der Waals surface area contributed by atoms with E-state index in [-0.39, 0.29) is 11.9 Å². The molecule has 2 aliphatic rings. The van der Waals surface area contributed by atoms with Gasteiger partial charge in [-0.3, -0.25) is 9.69 Å². The predicted molar refractivity (Wildman–Crippen MR) is 103 cm³/mol. The van der Waals surface area contributed by atoms with Crippen LogP contribution in [0.15, 0.2) is 24.3 Å². The number of benzene rings is 1. The number of para-hydroxylation sites is 1. The molecule has 0 aliphatic carbocycles. The number of piperidine rings is 1. The van der Waals surface area contributed by atoms with E-state index in [4.69, 9.17) is 0 Å². The standard InChI is InChI=1S/C20H30N4O2/c1-15-7-5-6-12-24(15)17-13-23(14-17)20(26)22-18-9-4-3-8-16(18)10-11-19(25)21-2/h3-4,8-9,15,17H,5-7,10-14H2,1-2H3,(H,21,25)(H,22,26). The average molecular weight is 358 g/mol. The van der Waals surface area contributed by atoms with E-state index < -0.39 is 0 Å². The van der Waals surface area contributed by atoms with Crippen LogP contribution in [0.1, 0.15) is 38.2 Å². The van der Waals surface area contributed by atoms with Gasteiger partial charge >= 0.3 is 6.03 Å². The van der Waals surface area contributed by atoms with Crippen LogP contribution < -0.4 is 10.6 Å². The van der Waals surface area contributed by atoms with Gasteiger partial charge in [-0.2, -0.15) is 0 Å². The van der Waals surface area contributed by atoms with Crippen molar-refractivity contribution >= 4 is 17.6 Å². The fourth-order valence-corrected chi connectivity index (χ4v) is 3.92. The normalized spacial score (nSPS) is 21.2. The first-order valence-corrected chi connectivity index (χ1v) is 9.68. The Balaban J connectivity index is 1.52.